The van der Waals surface area contributed by atoms with Crippen LogP contribution in [0.3, 0.4) is 0 Å². The van der Waals surface area contributed by atoms with Gasteiger partial charge in [0, 0.05) is 67.9 Å². The summed E-state index contributed by atoms with van der Waals surface area (Å²) in [5.74, 6) is -3.24. The van der Waals surface area contributed by atoms with Crippen molar-refractivity contribution in [3.63, 3.8) is 0 Å². The molecule has 3 unspecified atom stereocenters. The van der Waals surface area contributed by atoms with Crippen LogP contribution in [0.4, 0.5) is 4.79 Å². The Morgan fingerprint density at radius 3 is 1.77 bits per heavy atom. The van der Waals surface area contributed by atoms with Crippen molar-refractivity contribution < 1.29 is 83.4 Å². The third-order valence-electron chi connectivity index (χ3n) is 9.51. The number of benzene rings is 1. The maximum Gasteiger partial charge on any atom is 0 e. The summed E-state index contributed by atoms with van der Waals surface area (Å²) in [6, 6.07) is 6.83. The van der Waals surface area contributed by atoms with E-state index in [1.54, 1.807) is 0 Å². The average Bonchev–Trinajstić information content (AvgIpc) is 4.11. The van der Waals surface area contributed by atoms with Gasteiger partial charge in [-0.3, -0.25) is 24.0 Å². The molecule has 3 atom stereocenters. The topological polar surface area (TPSA) is 338 Å². The molecule has 8 N–H and O–H groups in total. The zero-order valence-corrected chi connectivity index (χ0v) is 39.4. The van der Waals surface area contributed by atoms with Crippen LogP contribution in [-0.4, -0.2) is 141 Å². The smallest absolute Gasteiger partial charge is 0 e. The monoisotopic (exact) mass is 1180 g/mol. The molecule has 3 aromatic rings. The largest absolute Gasteiger partial charge is 0 e. The normalized spacial score (nSPS) is 14.9. The molecule has 0 aliphatic carbocycles. The van der Waals surface area contributed by atoms with Crippen LogP contribution in [0.5, 0.6) is 0 Å². The molecule has 2 saturated heterocycles. The van der Waals surface area contributed by atoms with Crippen LogP contribution in [0, 0.1) is 23.5 Å². The molecule has 23 nitrogen and oxygen atoms in total. The fraction of sp³-hybridized carbons (Fsp3) is 0.447. The molecule has 0 bridgehead atoms. The Labute approximate surface area is 396 Å². The molecule has 0 spiro atoms. The van der Waals surface area contributed by atoms with Crippen LogP contribution < -0.4 is 16.4 Å². The van der Waals surface area contributed by atoms with Gasteiger partial charge in [-0.2, -0.15) is 0 Å². The van der Waals surface area contributed by atoms with Gasteiger partial charge >= 0.3 is 59.0 Å². The molecule has 64 heavy (non-hydrogen) atoms. The first kappa shape index (κ1) is 58.8. The minimum Gasteiger partial charge on any atom is 0 e. The summed E-state index contributed by atoms with van der Waals surface area (Å²) in [7, 11) is -1.69. The van der Waals surface area contributed by atoms with Crippen molar-refractivity contribution in [3.8, 4) is 0 Å². The van der Waals surface area contributed by atoms with E-state index in [9.17, 15) is 38.8 Å². The van der Waals surface area contributed by atoms with Gasteiger partial charge in [0.25, 0.3) is 0 Å². The Balaban J connectivity index is 0.00000118. The number of urea groups is 1. The second-order valence-electron chi connectivity index (χ2n) is 13.7. The van der Waals surface area contributed by atoms with Crippen molar-refractivity contribution in [1.82, 2.24) is 44.4 Å². The fourth-order valence-corrected chi connectivity index (χ4v) is 6.91. The number of amides is 5. The number of carbonyl (C=O) groups is 6. The number of likely N-dealkylation sites (tertiary alicyclic amines) is 2. The predicted octanol–water partition coefficient (Wildman–Crippen LogP) is -0.863. The molecule has 2 aliphatic rings. The number of aliphatic carboxylic acids is 2. The number of carboxylic acids is 2. The Morgan fingerprint density at radius 1 is 0.828 bits per heavy atom. The van der Waals surface area contributed by atoms with Gasteiger partial charge in [0.1, 0.15) is 24.7 Å². The molecule has 2 aromatic heterocycles. The number of imidazole rings is 2. The predicted molar refractivity (Wildman–Crippen MR) is 223 cm³/mol. The number of aromatic nitrogens is 4. The summed E-state index contributed by atoms with van der Waals surface area (Å²) in [6.07, 6.45) is 9.24. The van der Waals surface area contributed by atoms with Gasteiger partial charge in [0.05, 0.1) is 38.2 Å². The SMILES string of the molecule is CC1CCCN1C(=O)CNC(=O)C(N)Cc1ccc(I)cc1.O=C(O)Cn1ccnc1CN(Cc1nccn1CC(=O)O)C(=O)NCC(=O)N1CCCC1B(O)O.[C-]#[O+].[C-]#[O+].[C-]#[O+].[Re]. The van der Waals surface area contributed by atoms with Gasteiger partial charge in [-0.05, 0) is 79.3 Å². The fourth-order valence-electron chi connectivity index (χ4n) is 6.55. The van der Waals surface area contributed by atoms with Gasteiger partial charge < -0.3 is 60.5 Å². The molecular formula is C38H48BIN10O13Re. The van der Waals surface area contributed by atoms with E-state index >= 15 is 0 Å². The molecule has 1 aromatic carbocycles. The summed E-state index contributed by atoms with van der Waals surface area (Å²) in [5.41, 5.74) is 6.93. The van der Waals surface area contributed by atoms with Crippen LogP contribution in [0.15, 0.2) is 49.1 Å². The van der Waals surface area contributed by atoms with Gasteiger partial charge in [-0.25, -0.2) is 14.8 Å². The van der Waals surface area contributed by atoms with Crippen LogP contribution in [0.25, 0.3) is 0 Å². The maximum absolute atomic E-state index is 13.0. The first-order valence-corrected chi connectivity index (χ1v) is 20.0. The summed E-state index contributed by atoms with van der Waals surface area (Å²) in [6.45, 7) is 15.2. The van der Waals surface area contributed by atoms with Crippen molar-refractivity contribution >= 4 is 65.4 Å². The quantitative estimate of drug-likeness (QED) is 0.0398. The summed E-state index contributed by atoms with van der Waals surface area (Å²) in [5, 5.41) is 42.3. The van der Waals surface area contributed by atoms with Crippen molar-refractivity contribution in [2.24, 2.45) is 5.73 Å². The zero-order valence-electron chi connectivity index (χ0n) is 34.5. The first-order valence-electron chi connectivity index (χ1n) is 18.9. The number of halogens is 1. The molecule has 2 fully saturated rings. The van der Waals surface area contributed by atoms with Crippen molar-refractivity contribution in [2.45, 2.75) is 83.2 Å². The molecule has 0 saturated carbocycles. The molecule has 4 heterocycles. The number of hydrogen-bond acceptors (Lipinski definition) is 11. The van der Waals surface area contributed by atoms with E-state index in [4.69, 9.17) is 29.9 Å². The summed E-state index contributed by atoms with van der Waals surface area (Å²) >= 11 is 2.23. The minimum absolute atomic E-state index is 0. The molecule has 345 valence electrons. The molecular weight excluding hydrogens is 1130 g/mol. The zero-order chi connectivity index (χ0) is 47.6. The van der Waals surface area contributed by atoms with E-state index in [-0.39, 0.29) is 82.7 Å². The number of carbonyl (C=O) groups excluding carboxylic acids is 4. The van der Waals surface area contributed by atoms with Crippen LogP contribution >= 0.6 is 22.6 Å². The van der Waals surface area contributed by atoms with Gasteiger partial charge in [-0.1, -0.05) is 12.1 Å². The number of nitrogens with zero attached hydrogens (tertiary/aromatic N) is 7. The first-order chi connectivity index (χ1) is 30.1. The minimum atomic E-state index is -1.69. The third kappa shape index (κ3) is 19.7. The Bertz CT molecular complexity index is 1940. The van der Waals surface area contributed by atoms with Crippen molar-refractivity contribution in [1.29, 1.82) is 0 Å². The number of nitrogens with one attached hydrogen (secondary N) is 2. The standard InChI is InChI=1S/C19H26BN7O8.C16H22IN3O2.3CO.Re/c28-16(27-5-1-2-13(27)20(34)35)8-23-19(33)26(9-14-21-3-6-24(14)11-17(29)30)10-15-22-4-7-25(15)12-18(31)32;1-11-3-2-8-20(11)15(21)10-19-16(22)14(18)9-12-4-6-13(17)7-5-12;3*1-2;/h3-4,6-7,13,34-35H,1-2,5,8-12H2,(H,23,33)(H,29,30)(H,31,32);4-7,11,14H,2-3,8-10,18H2,1H3,(H,19,22);;;;. The van der Waals surface area contributed by atoms with Gasteiger partial charge in [0.2, 0.25) is 17.7 Å². The molecule has 1 radical (unpaired) electrons. The Morgan fingerprint density at radius 2 is 1.30 bits per heavy atom. The number of hydrogen-bond donors (Lipinski definition) is 7. The Kier molecular flexibility index (Phi) is 29.1. The molecule has 5 rings (SSSR count). The van der Waals surface area contributed by atoms with E-state index in [1.807, 2.05) is 36.1 Å². The maximum atomic E-state index is 13.0. The molecule has 2 aliphatic heterocycles. The average molecular weight is 1180 g/mol. The van der Waals surface area contributed by atoms with Crippen molar-refractivity contribution in [2.75, 3.05) is 26.2 Å². The number of nitrogens with two attached hydrogens (primary N) is 1. The second-order valence-corrected chi connectivity index (χ2v) is 14.9. The molecule has 5 amide bonds. The summed E-state index contributed by atoms with van der Waals surface area (Å²) < 4.78 is 26.3. The Hall–Kier alpha value is -5.18. The van der Waals surface area contributed by atoms with E-state index < -0.39 is 49.5 Å². The molecule has 26 heteroatoms. The van der Waals surface area contributed by atoms with Crippen LogP contribution in [-0.2, 0) is 91.0 Å². The van der Waals surface area contributed by atoms with E-state index in [1.165, 1.54) is 43.7 Å². The van der Waals surface area contributed by atoms with Crippen LogP contribution in [0.2, 0.25) is 0 Å². The van der Waals surface area contributed by atoms with E-state index in [2.05, 4.69) is 63.1 Å². The van der Waals surface area contributed by atoms with Crippen LogP contribution in [0.1, 0.15) is 49.8 Å². The second kappa shape index (κ2) is 31.6. The number of carboxylic acid groups (broad SMARTS) is 2. The van der Waals surface area contributed by atoms with Gasteiger partial charge in [-0.15, -0.1) is 0 Å². The summed E-state index contributed by atoms with van der Waals surface area (Å²) in [4.78, 5) is 84.5. The van der Waals surface area contributed by atoms with Crippen molar-refractivity contribution in [3.05, 3.63) is 89.8 Å². The number of rotatable bonds is 16. The van der Waals surface area contributed by atoms with Gasteiger partial charge in [0.15, 0.2) is 0 Å². The van der Waals surface area contributed by atoms with E-state index in [0.29, 0.717) is 25.8 Å². The van der Waals surface area contributed by atoms with E-state index in [0.717, 1.165) is 28.5 Å². The third-order valence-corrected chi connectivity index (χ3v) is 10.2.